The molecule has 1 N–H and O–H groups in total. The highest BCUT2D eigenvalue weighted by atomic mass is 32.1. The Hall–Kier alpha value is -0.900. The van der Waals surface area contributed by atoms with Crippen LogP contribution in [0.25, 0.3) is 0 Å². The molecule has 1 aromatic heterocycles. The van der Waals surface area contributed by atoms with Gasteiger partial charge < -0.3 is 5.11 Å². The number of carboxylic acids is 1. The van der Waals surface area contributed by atoms with Crippen molar-refractivity contribution < 1.29 is 9.90 Å². The molecular formula is C8H9NO2S. The van der Waals surface area contributed by atoms with E-state index in [4.69, 9.17) is 5.11 Å². The lowest BCUT2D eigenvalue weighted by molar-refractivity contribution is -0.136. The third-order valence-electron chi connectivity index (χ3n) is 1.83. The standard InChI is InChI=1S/C8H9NO2S/c10-7(11)3-6-4-12-8(9-6)5-1-2-5/h4-5H,1-3H2,(H,10,11). The average Bonchev–Trinajstić information content (AvgIpc) is 2.73. The minimum Gasteiger partial charge on any atom is -0.481 e. The molecule has 1 heterocycles. The van der Waals surface area contributed by atoms with Crippen molar-refractivity contribution in [3.63, 3.8) is 0 Å². The summed E-state index contributed by atoms with van der Waals surface area (Å²) < 4.78 is 0. The first-order valence-electron chi connectivity index (χ1n) is 3.92. The van der Waals surface area contributed by atoms with Crippen LogP contribution in [0.4, 0.5) is 0 Å². The van der Waals surface area contributed by atoms with Crippen molar-refractivity contribution in [1.29, 1.82) is 0 Å². The van der Waals surface area contributed by atoms with Crippen molar-refractivity contribution in [2.45, 2.75) is 25.2 Å². The van der Waals surface area contributed by atoms with Crippen molar-refractivity contribution in [3.8, 4) is 0 Å². The van der Waals surface area contributed by atoms with E-state index in [-0.39, 0.29) is 6.42 Å². The second-order valence-electron chi connectivity index (χ2n) is 3.02. The first-order chi connectivity index (χ1) is 5.75. The van der Waals surface area contributed by atoms with E-state index in [1.54, 1.807) is 11.3 Å². The quantitative estimate of drug-likeness (QED) is 0.775. The van der Waals surface area contributed by atoms with Crippen molar-refractivity contribution in [2.24, 2.45) is 0 Å². The van der Waals surface area contributed by atoms with E-state index in [0.717, 1.165) is 5.01 Å². The van der Waals surface area contributed by atoms with Crippen LogP contribution in [0.5, 0.6) is 0 Å². The summed E-state index contributed by atoms with van der Waals surface area (Å²) in [5.74, 6) is -0.166. The van der Waals surface area contributed by atoms with Gasteiger partial charge in [-0.05, 0) is 12.8 Å². The number of carboxylic acid groups (broad SMARTS) is 1. The zero-order valence-corrected chi connectivity index (χ0v) is 7.30. The molecule has 0 atom stereocenters. The third-order valence-corrected chi connectivity index (χ3v) is 2.88. The fraction of sp³-hybridized carbons (Fsp3) is 0.500. The van der Waals surface area contributed by atoms with Crippen LogP contribution < -0.4 is 0 Å². The molecule has 1 aliphatic carbocycles. The molecule has 0 bridgehead atoms. The van der Waals surface area contributed by atoms with E-state index in [9.17, 15) is 4.79 Å². The van der Waals surface area contributed by atoms with Crippen molar-refractivity contribution >= 4 is 17.3 Å². The van der Waals surface area contributed by atoms with Gasteiger partial charge in [0, 0.05) is 11.3 Å². The van der Waals surface area contributed by atoms with Gasteiger partial charge >= 0.3 is 5.97 Å². The average molecular weight is 183 g/mol. The Labute approximate surface area is 74.1 Å². The molecular weight excluding hydrogens is 174 g/mol. The minimum absolute atomic E-state index is 0.0587. The molecule has 0 saturated heterocycles. The first-order valence-corrected chi connectivity index (χ1v) is 4.80. The van der Waals surface area contributed by atoms with Crippen LogP contribution in [0.2, 0.25) is 0 Å². The molecule has 0 aliphatic heterocycles. The molecule has 12 heavy (non-hydrogen) atoms. The highest BCUT2D eigenvalue weighted by Crippen LogP contribution is 2.41. The summed E-state index contributed by atoms with van der Waals surface area (Å²) in [5, 5.41) is 11.5. The Balaban J connectivity index is 2.07. The van der Waals surface area contributed by atoms with Crippen LogP contribution in [0.15, 0.2) is 5.38 Å². The van der Waals surface area contributed by atoms with E-state index >= 15 is 0 Å². The lowest BCUT2D eigenvalue weighted by atomic mass is 10.3. The SMILES string of the molecule is O=C(O)Cc1csc(C2CC2)n1. The Kier molecular flexibility index (Phi) is 1.84. The van der Waals surface area contributed by atoms with Gasteiger partial charge in [-0.25, -0.2) is 4.98 Å². The molecule has 0 unspecified atom stereocenters. The summed E-state index contributed by atoms with van der Waals surface area (Å²) in [5.41, 5.74) is 0.703. The van der Waals surface area contributed by atoms with Crippen LogP contribution >= 0.6 is 11.3 Å². The molecule has 1 saturated carbocycles. The number of nitrogens with zero attached hydrogens (tertiary/aromatic N) is 1. The molecule has 0 amide bonds. The summed E-state index contributed by atoms with van der Waals surface area (Å²) in [7, 11) is 0. The summed E-state index contributed by atoms with van der Waals surface area (Å²) >= 11 is 1.59. The predicted octanol–water partition coefficient (Wildman–Crippen LogP) is 1.65. The largest absolute Gasteiger partial charge is 0.481 e. The molecule has 1 aliphatic rings. The molecule has 0 radical (unpaired) electrons. The number of thiazole rings is 1. The van der Waals surface area contributed by atoms with Gasteiger partial charge in [-0.15, -0.1) is 11.3 Å². The zero-order chi connectivity index (χ0) is 8.55. The lowest BCUT2D eigenvalue weighted by Crippen LogP contribution is -2.00. The number of carbonyl (C=O) groups is 1. The van der Waals surface area contributed by atoms with Crippen molar-refractivity contribution in [2.75, 3.05) is 0 Å². The highest BCUT2D eigenvalue weighted by molar-refractivity contribution is 7.09. The summed E-state index contributed by atoms with van der Waals surface area (Å²) in [6.07, 6.45) is 2.50. The lowest BCUT2D eigenvalue weighted by Gasteiger charge is -1.87. The van der Waals surface area contributed by atoms with Crippen molar-refractivity contribution in [3.05, 3.63) is 16.1 Å². The van der Waals surface area contributed by atoms with Crippen LogP contribution in [0.1, 0.15) is 29.5 Å². The Morgan fingerprint density at radius 3 is 3.08 bits per heavy atom. The van der Waals surface area contributed by atoms with Crippen LogP contribution in [-0.2, 0) is 11.2 Å². The first kappa shape index (κ1) is 7.73. The van der Waals surface area contributed by atoms with E-state index in [0.29, 0.717) is 11.6 Å². The van der Waals surface area contributed by atoms with Gasteiger partial charge in [0.15, 0.2) is 0 Å². The smallest absolute Gasteiger partial charge is 0.309 e. The maximum atomic E-state index is 10.3. The monoisotopic (exact) mass is 183 g/mol. The minimum atomic E-state index is -0.803. The summed E-state index contributed by atoms with van der Waals surface area (Å²) in [4.78, 5) is 14.6. The van der Waals surface area contributed by atoms with Gasteiger partial charge in [0.1, 0.15) is 0 Å². The topological polar surface area (TPSA) is 50.2 Å². The number of aromatic nitrogens is 1. The summed E-state index contributed by atoms with van der Waals surface area (Å²) in [6.45, 7) is 0. The Morgan fingerprint density at radius 1 is 1.75 bits per heavy atom. The molecule has 0 aromatic carbocycles. The van der Waals surface area contributed by atoms with Gasteiger partial charge in [-0.3, -0.25) is 4.79 Å². The number of hydrogen-bond acceptors (Lipinski definition) is 3. The van der Waals surface area contributed by atoms with E-state index < -0.39 is 5.97 Å². The maximum absolute atomic E-state index is 10.3. The van der Waals surface area contributed by atoms with E-state index in [2.05, 4.69) is 4.98 Å². The van der Waals surface area contributed by atoms with Gasteiger partial charge in [0.25, 0.3) is 0 Å². The Morgan fingerprint density at radius 2 is 2.50 bits per heavy atom. The molecule has 4 heteroatoms. The normalized spacial score (nSPS) is 16.3. The second kappa shape index (κ2) is 2.86. The predicted molar refractivity (Wildman–Crippen MR) is 45.4 cm³/mol. The third kappa shape index (κ3) is 1.64. The maximum Gasteiger partial charge on any atom is 0.309 e. The van der Waals surface area contributed by atoms with Crippen LogP contribution in [0, 0.1) is 0 Å². The molecule has 1 aromatic rings. The fourth-order valence-corrected chi connectivity index (χ4v) is 2.07. The number of aliphatic carboxylic acids is 1. The highest BCUT2D eigenvalue weighted by Gasteiger charge is 2.26. The summed E-state index contributed by atoms with van der Waals surface area (Å²) in [6, 6.07) is 0. The Bertz CT molecular complexity index is 304. The van der Waals surface area contributed by atoms with Gasteiger partial charge in [0.2, 0.25) is 0 Å². The van der Waals surface area contributed by atoms with Gasteiger partial charge in [-0.2, -0.15) is 0 Å². The van der Waals surface area contributed by atoms with Gasteiger partial charge in [0.05, 0.1) is 17.1 Å². The molecule has 0 spiro atoms. The number of hydrogen-bond donors (Lipinski definition) is 1. The van der Waals surface area contributed by atoms with E-state index in [1.165, 1.54) is 12.8 Å². The fourth-order valence-electron chi connectivity index (χ4n) is 1.08. The van der Waals surface area contributed by atoms with E-state index in [1.807, 2.05) is 5.38 Å². The second-order valence-corrected chi connectivity index (χ2v) is 3.91. The molecule has 1 fully saturated rings. The van der Waals surface area contributed by atoms with Crippen molar-refractivity contribution in [1.82, 2.24) is 4.98 Å². The number of rotatable bonds is 3. The zero-order valence-electron chi connectivity index (χ0n) is 6.49. The molecule has 64 valence electrons. The molecule has 3 nitrogen and oxygen atoms in total. The van der Waals surface area contributed by atoms with Gasteiger partial charge in [-0.1, -0.05) is 0 Å². The molecule has 2 rings (SSSR count). The van der Waals surface area contributed by atoms with Crippen LogP contribution in [0.3, 0.4) is 0 Å². The van der Waals surface area contributed by atoms with Crippen LogP contribution in [-0.4, -0.2) is 16.1 Å².